The van der Waals surface area contributed by atoms with E-state index in [1.807, 2.05) is 6.07 Å². The van der Waals surface area contributed by atoms with Crippen molar-refractivity contribution in [2.24, 2.45) is 0 Å². The Morgan fingerprint density at radius 1 is 1.32 bits per heavy atom. The van der Waals surface area contributed by atoms with Gasteiger partial charge in [-0.1, -0.05) is 12.1 Å². The predicted molar refractivity (Wildman–Crippen MR) is 61.2 cm³/mol. The van der Waals surface area contributed by atoms with E-state index in [0.717, 1.165) is 12.1 Å². The van der Waals surface area contributed by atoms with Crippen molar-refractivity contribution in [2.75, 3.05) is 13.2 Å². The largest absolute Gasteiger partial charge is 0.573 e. The van der Waals surface area contributed by atoms with Gasteiger partial charge in [0.15, 0.2) is 0 Å². The fourth-order valence-corrected chi connectivity index (χ4v) is 1.43. The van der Waals surface area contributed by atoms with Crippen molar-refractivity contribution >= 4 is 0 Å². The summed E-state index contributed by atoms with van der Waals surface area (Å²) in [6.45, 7) is 0.443. The maximum atomic E-state index is 12.0. The number of benzene rings is 1. The first-order valence-electron chi connectivity index (χ1n) is 5.56. The first kappa shape index (κ1) is 15.3. The van der Waals surface area contributed by atoms with Crippen LogP contribution in [0.3, 0.4) is 0 Å². The first-order valence-corrected chi connectivity index (χ1v) is 5.56. The van der Waals surface area contributed by atoms with Gasteiger partial charge in [-0.05, 0) is 30.7 Å². The Morgan fingerprint density at radius 2 is 1.95 bits per heavy atom. The van der Waals surface area contributed by atoms with Gasteiger partial charge >= 0.3 is 6.36 Å². The van der Waals surface area contributed by atoms with E-state index in [-0.39, 0.29) is 12.4 Å². The summed E-state index contributed by atoms with van der Waals surface area (Å²) in [6.07, 6.45) is -4.23. The SMILES string of the molecule is N#CC(NCCCO)c1ccc(OC(F)(F)F)cc1. The summed E-state index contributed by atoms with van der Waals surface area (Å²) in [6, 6.07) is 6.44. The molecule has 0 radical (unpaired) electrons. The molecule has 1 rings (SSSR count). The van der Waals surface area contributed by atoms with Crippen LogP contribution in [-0.4, -0.2) is 24.6 Å². The molecule has 1 aromatic rings. The fourth-order valence-electron chi connectivity index (χ4n) is 1.43. The Balaban J connectivity index is 2.66. The number of nitrogens with zero attached hydrogens (tertiary/aromatic N) is 1. The van der Waals surface area contributed by atoms with E-state index in [2.05, 4.69) is 10.1 Å². The highest BCUT2D eigenvalue weighted by Gasteiger charge is 2.31. The summed E-state index contributed by atoms with van der Waals surface area (Å²) >= 11 is 0. The first-order chi connectivity index (χ1) is 8.96. The van der Waals surface area contributed by atoms with Crippen LogP contribution in [0.25, 0.3) is 0 Å². The smallest absolute Gasteiger partial charge is 0.406 e. The molecule has 0 aliphatic carbocycles. The van der Waals surface area contributed by atoms with Gasteiger partial charge in [-0.2, -0.15) is 5.26 Å². The van der Waals surface area contributed by atoms with Crippen LogP contribution >= 0.6 is 0 Å². The van der Waals surface area contributed by atoms with E-state index < -0.39 is 12.4 Å². The van der Waals surface area contributed by atoms with Crippen molar-refractivity contribution in [3.8, 4) is 11.8 Å². The van der Waals surface area contributed by atoms with Gasteiger partial charge in [0.25, 0.3) is 0 Å². The van der Waals surface area contributed by atoms with Crippen molar-refractivity contribution < 1.29 is 23.0 Å². The monoisotopic (exact) mass is 274 g/mol. The minimum atomic E-state index is -4.73. The number of aliphatic hydroxyl groups excluding tert-OH is 1. The summed E-state index contributed by atoms with van der Waals surface area (Å²) in [5.74, 6) is -0.330. The lowest BCUT2D eigenvalue weighted by atomic mass is 10.1. The highest BCUT2D eigenvalue weighted by molar-refractivity contribution is 5.31. The third kappa shape index (κ3) is 5.59. The number of alkyl halides is 3. The number of hydrogen-bond acceptors (Lipinski definition) is 4. The van der Waals surface area contributed by atoms with Crippen LogP contribution in [0.4, 0.5) is 13.2 Å². The second kappa shape index (κ2) is 6.97. The molecule has 1 atom stereocenters. The zero-order chi connectivity index (χ0) is 14.3. The average Bonchev–Trinajstić information content (AvgIpc) is 2.34. The van der Waals surface area contributed by atoms with Gasteiger partial charge in [-0.3, -0.25) is 5.32 Å². The number of halogens is 3. The predicted octanol–water partition coefficient (Wildman–Crippen LogP) is 2.12. The van der Waals surface area contributed by atoms with Crippen LogP contribution in [0.2, 0.25) is 0 Å². The molecular formula is C12H13F3N2O2. The molecule has 2 N–H and O–H groups in total. The summed E-state index contributed by atoms with van der Waals surface area (Å²) in [5, 5.41) is 20.4. The number of nitrogens with one attached hydrogen (secondary N) is 1. The third-order valence-corrected chi connectivity index (χ3v) is 2.26. The number of ether oxygens (including phenoxy) is 1. The van der Waals surface area contributed by atoms with Gasteiger partial charge in [0.2, 0.25) is 0 Å². The summed E-state index contributed by atoms with van der Waals surface area (Å²) in [7, 11) is 0. The van der Waals surface area contributed by atoms with Crippen molar-refractivity contribution in [3.63, 3.8) is 0 Å². The highest BCUT2D eigenvalue weighted by Crippen LogP contribution is 2.24. The lowest BCUT2D eigenvalue weighted by molar-refractivity contribution is -0.274. The van der Waals surface area contributed by atoms with Crippen LogP contribution in [0, 0.1) is 11.3 Å². The molecule has 0 aromatic heterocycles. The number of aliphatic hydroxyl groups is 1. The summed E-state index contributed by atoms with van der Waals surface area (Å²) in [5.41, 5.74) is 0.537. The van der Waals surface area contributed by atoms with E-state index in [0.29, 0.717) is 18.5 Å². The maximum Gasteiger partial charge on any atom is 0.573 e. The molecular weight excluding hydrogens is 261 g/mol. The molecule has 0 saturated heterocycles. The third-order valence-electron chi connectivity index (χ3n) is 2.26. The fraction of sp³-hybridized carbons (Fsp3) is 0.417. The van der Waals surface area contributed by atoms with Crippen LogP contribution in [0.5, 0.6) is 5.75 Å². The van der Waals surface area contributed by atoms with Gasteiger partial charge in [0.05, 0.1) is 6.07 Å². The second-order valence-corrected chi connectivity index (χ2v) is 3.71. The standard InChI is InChI=1S/C12H13F3N2O2/c13-12(14,15)19-10-4-2-9(3-5-10)11(8-16)17-6-1-7-18/h2-5,11,17-18H,1,6-7H2. The zero-order valence-corrected chi connectivity index (χ0v) is 9.94. The molecule has 0 aliphatic heterocycles. The molecule has 104 valence electrons. The van der Waals surface area contributed by atoms with E-state index in [9.17, 15) is 13.2 Å². The molecule has 0 heterocycles. The van der Waals surface area contributed by atoms with E-state index in [1.54, 1.807) is 0 Å². The number of nitriles is 1. The summed E-state index contributed by atoms with van der Waals surface area (Å²) < 4.78 is 39.6. The Kier molecular flexibility index (Phi) is 5.60. The molecule has 0 saturated carbocycles. The van der Waals surface area contributed by atoms with Crippen molar-refractivity contribution in [1.82, 2.24) is 5.32 Å². The molecule has 0 amide bonds. The molecule has 0 aliphatic rings. The van der Waals surface area contributed by atoms with Crippen LogP contribution in [0.1, 0.15) is 18.0 Å². The molecule has 1 aromatic carbocycles. The number of hydrogen-bond donors (Lipinski definition) is 2. The summed E-state index contributed by atoms with van der Waals surface area (Å²) in [4.78, 5) is 0. The molecule has 19 heavy (non-hydrogen) atoms. The molecule has 0 bridgehead atoms. The van der Waals surface area contributed by atoms with Crippen molar-refractivity contribution in [1.29, 1.82) is 5.26 Å². The van der Waals surface area contributed by atoms with Crippen LogP contribution in [0.15, 0.2) is 24.3 Å². The van der Waals surface area contributed by atoms with Crippen LogP contribution in [-0.2, 0) is 0 Å². The van der Waals surface area contributed by atoms with Gasteiger partial charge < -0.3 is 9.84 Å². The topological polar surface area (TPSA) is 65.3 Å². The van der Waals surface area contributed by atoms with E-state index in [4.69, 9.17) is 10.4 Å². The maximum absolute atomic E-state index is 12.0. The lowest BCUT2D eigenvalue weighted by Gasteiger charge is -2.13. The molecule has 0 fully saturated rings. The van der Waals surface area contributed by atoms with Crippen molar-refractivity contribution in [2.45, 2.75) is 18.8 Å². The second-order valence-electron chi connectivity index (χ2n) is 3.71. The van der Waals surface area contributed by atoms with Crippen molar-refractivity contribution in [3.05, 3.63) is 29.8 Å². The Bertz CT molecular complexity index is 426. The Labute approximate surface area is 108 Å². The average molecular weight is 274 g/mol. The Hall–Kier alpha value is -1.78. The molecule has 1 unspecified atom stereocenters. The van der Waals surface area contributed by atoms with Gasteiger partial charge in [0.1, 0.15) is 11.8 Å². The molecule has 4 nitrogen and oxygen atoms in total. The minimum absolute atomic E-state index is 0.00348. The normalized spacial score (nSPS) is 12.8. The van der Waals surface area contributed by atoms with Gasteiger partial charge in [0, 0.05) is 6.61 Å². The zero-order valence-electron chi connectivity index (χ0n) is 9.94. The van der Waals surface area contributed by atoms with E-state index in [1.165, 1.54) is 12.1 Å². The number of rotatable bonds is 6. The van der Waals surface area contributed by atoms with Gasteiger partial charge in [-0.15, -0.1) is 13.2 Å². The molecule has 7 heteroatoms. The highest BCUT2D eigenvalue weighted by atomic mass is 19.4. The molecule has 0 spiro atoms. The van der Waals surface area contributed by atoms with Gasteiger partial charge in [-0.25, -0.2) is 0 Å². The van der Waals surface area contributed by atoms with Crippen LogP contribution < -0.4 is 10.1 Å². The Morgan fingerprint density at radius 3 is 2.42 bits per heavy atom. The minimum Gasteiger partial charge on any atom is -0.406 e. The van der Waals surface area contributed by atoms with E-state index >= 15 is 0 Å². The quantitative estimate of drug-likeness (QED) is 0.780. The lowest BCUT2D eigenvalue weighted by Crippen LogP contribution is -2.22.